The predicted molar refractivity (Wildman–Crippen MR) is 100 cm³/mol. The summed E-state index contributed by atoms with van der Waals surface area (Å²) < 4.78 is 0. The van der Waals surface area contributed by atoms with Crippen LogP contribution in [-0.2, 0) is 6.54 Å². The molecule has 0 fully saturated rings. The summed E-state index contributed by atoms with van der Waals surface area (Å²) in [6, 6.07) is 17.0. The van der Waals surface area contributed by atoms with E-state index in [1.807, 2.05) is 61.5 Å². The number of hydrogen-bond donors (Lipinski definition) is 2. The Labute approximate surface area is 150 Å². The first-order chi connectivity index (χ1) is 11.6. The maximum Gasteiger partial charge on any atom is 0.229 e. The molecule has 24 heavy (non-hydrogen) atoms. The molecule has 0 unspecified atom stereocenters. The van der Waals surface area contributed by atoms with E-state index in [-0.39, 0.29) is 0 Å². The van der Waals surface area contributed by atoms with Crippen molar-refractivity contribution in [1.29, 1.82) is 0 Å². The van der Waals surface area contributed by atoms with E-state index in [4.69, 9.17) is 23.2 Å². The summed E-state index contributed by atoms with van der Waals surface area (Å²) in [5.74, 6) is 1.28. The molecule has 0 saturated heterocycles. The van der Waals surface area contributed by atoms with E-state index in [0.717, 1.165) is 27.8 Å². The number of nitrogens with one attached hydrogen (secondary N) is 2. The molecule has 0 aliphatic carbocycles. The molecule has 6 heteroatoms. The third-order valence-electron chi connectivity index (χ3n) is 3.32. The van der Waals surface area contributed by atoms with Crippen LogP contribution in [0.15, 0.2) is 54.6 Å². The fourth-order valence-corrected chi connectivity index (χ4v) is 2.52. The van der Waals surface area contributed by atoms with Crippen molar-refractivity contribution in [2.24, 2.45) is 0 Å². The first-order valence-electron chi connectivity index (χ1n) is 7.45. The van der Waals surface area contributed by atoms with E-state index in [0.29, 0.717) is 17.5 Å². The van der Waals surface area contributed by atoms with Gasteiger partial charge in [-0.15, -0.1) is 0 Å². The minimum absolute atomic E-state index is 0.524. The number of rotatable bonds is 5. The molecule has 4 nitrogen and oxygen atoms in total. The van der Waals surface area contributed by atoms with Crippen molar-refractivity contribution in [2.75, 3.05) is 10.6 Å². The topological polar surface area (TPSA) is 49.8 Å². The molecule has 0 amide bonds. The third kappa shape index (κ3) is 4.60. The standard InChI is InChI=1S/C18H16Cl2N4/c1-12-9-17(21-11-13-5-7-14(19)8-6-13)24-18(22-12)23-16-4-2-3-15(20)10-16/h2-10H,11H2,1H3,(H2,21,22,23,24). The highest BCUT2D eigenvalue weighted by Crippen LogP contribution is 2.19. The van der Waals surface area contributed by atoms with Crippen molar-refractivity contribution in [1.82, 2.24) is 9.97 Å². The molecule has 0 atom stereocenters. The molecule has 3 aromatic rings. The van der Waals surface area contributed by atoms with Crippen molar-refractivity contribution < 1.29 is 0 Å². The average Bonchev–Trinajstić information content (AvgIpc) is 2.54. The van der Waals surface area contributed by atoms with Gasteiger partial charge in [-0.25, -0.2) is 4.98 Å². The second kappa shape index (κ2) is 7.51. The van der Waals surface area contributed by atoms with Crippen molar-refractivity contribution in [3.63, 3.8) is 0 Å². The number of benzene rings is 2. The molecule has 0 bridgehead atoms. The van der Waals surface area contributed by atoms with Crippen LogP contribution in [0.3, 0.4) is 0 Å². The van der Waals surface area contributed by atoms with E-state index in [1.54, 1.807) is 0 Å². The van der Waals surface area contributed by atoms with Gasteiger partial charge in [0.2, 0.25) is 5.95 Å². The molecule has 1 aromatic heterocycles. The summed E-state index contributed by atoms with van der Waals surface area (Å²) in [5, 5.41) is 7.85. The molecule has 2 N–H and O–H groups in total. The van der Waals surface area contributed by atoms with Crippen molar-refractivity contribution in [2.45, 2.75) is 13.5 Å². The molecule has 0 aliphatic heterocycles. The van der Waals surface area contributed by atoms with Crippen LogP contribution >= 0.6 is 23.2 Å². The molecule has 0 radical (unpaired) electrons. The second-order valence-electron chi connectivity index (χ2n) is 5.33. The number of nitrogens with zero attached hydrogens (tertiary/aromatic N) is 2. The molecule has 0 saturated carbocycles. The summed E-state index contributed by atoms with van der Waals surface area (Å²) in [4.78, 5) is 8.89. The van der Waals surface area contributed by atoms with Crippen LogP contribution in [0.2, 0.25) is 10.0 Å². The van der Waals surface area contributed by atoms with E-state index in [9.17, 15) is 0 Å². The molecule has 2 aromatic carbocycles. The minimum atomic E-state index is 0.524. The highest BCUT2D eigenvalue weighted by atomic mass is 35.5. The van der Waals surface area contributed by atoms with Gasteiger partial charge in [-0.2, -0.15) is 4.98 Å². The van der Waals surface area contributed by atoms with Crippen molar-refractivity contribution >= 4 is 40.7 Å². The van der Waals surface area contributed by atoms with Crippen LogP contribution in [0.5, 0.6) is 0 Å². The van der Waals surface area contributed by atoms with Gasteiger partial charge in [-0.3, -0.25) is 0 Å². The monoisotopic (exact) mass is 358 g/mol. The van der Waals surface area contributed by atoms with Crippen molar-refractivity contribution in [3.05, 3.63) is 75.9 Å². The fraction of sp³-hybridized carbons (Fsp3) is 0.111. The Morgan fingerprint density at radius 2 is 1.71 bits per heavy atom. The Balaban J connectivity index is 1.72. The Kier molecular flexibility index (Phi) is 5.18. The average molecular weight is 359 g/mol. The number of aromatic nitrogens is 2. The number of aryl methyl sites for hydroxylation is 1. The highest BCUT2D eigenvalue weighted by molar-refractivity contribution is 6.31. The van der Waals surface area contributed by atoms with Crippen LogP contribution in [0.1, 0.15) is 11.3 Å². The smallest absolute Gasteiger partial charge is 0.229 e. The van der Waals surface area contributed by atoms with Gasteiger partial charge in [-0.1, -0.05) is 41.4 Å². The first-order valence-corrected chi connectivity index (χ1v) is 8.21. The summed E-state index contributed by atoms with van der Waals surface area (Å²) >= 11 is 11.9. The summed E-state index contributed by atoms with van der Waals surface area (Å²) in [6.07, 6.45) is 0. The molecule has 122 valence electrons. The molecule has 3 rings (SSSR count). The van der Waals surface area contributed by atoms with Gasteiger partial charge in [0.05, 0.1) is 0 Å². The zero-order valence-corrected chi connectivity index (χ0v) is 14.6. The fourth-order valence-electron chi connectivity index (χ4n) is 2.21. The van der Waals surface area contributed by atoms with Gasteiger partial charge < -0.3 is 10.6 Å². The van der Waals surface area contributed by atoms with Crippen LogP contribution < -0.4 is 10.6 Å². The predicted octanol–water partition coefficient (Wildman–Crippen LogP) is 5.45. The van der Waals surface area contributed by atoms with Gasteiger partial charge in [-0.05, 0) is 42.8 Å². The molecular formula is C18H16Cl2N4. The minimum Gasteiger partial charge on any atom is -0.366 e. The zero-order valence-electron chi connectivity index (χ0n) is 13.1. The van der Waals surface area contributed by atoms with Gasteiger partial charge in [0.25, 0.3) is 0 Å². The van der Waals surface area contributed by atoms with Crippen LogP contribution in [0.4, 0.5) is 17.5 Å². The highest BCUT2D eigenvalue weighted by Gasteiger charge is 2.04. The SMILES string of the molecule is Cc1cc(NCc2ccc(Cl)cc2)nc(Nc2cccc(Cl)c2)n1. The molecule has 0 aliphatic rings. The second-order valence-corrected chi connectivity index (χ2v) is 6.21. The van der Waals surface area contributed by atoms with Gasteiger partial charge in [0, 0.05) is 34.0 Å². The Hall–Kier alpha value is -2.30. The number of anilines is 3. The normalized spacial score (nSPS) is 10.5. The zero-order chi connectivity index (χ0) is 16.9. The molecule has 1 heterocycles. The Bertz CT molecular complexity index is 835. The maximum atomic E-state index is 6.00. The summed E-state index contributed by atoms with van der Waals surface area (Å²) in [6.45, 7) is 2.59. The van der Waals surface area contributed by atoms with E-state index in [1.165, 1.54) is 0 Å². The van der Waals surface area contributed by atoms with E-state index in [2.05, 4.69) is 20.6 Å². The first kappa shape index (κ1) is 16.6. The number of halogens is 2. The lowest BCUT2D eigenvalue weighted by atomic mass is 10.2. The van der Waals surface area contributed by atoms with Crippen LogP contribution in [0, 0.1) is 6.92 Å². The molecule has 0 spiro atoms. The lowest BCUT2D eigenvalue weighted by Gasteiger charge is -2.10. The quantitative estimate of drug-likeness (QED) is 0.636. The Morgan fingerprint density at radius 1 is 0.917 bits per heavy atom. The van der Waals surface area contributed by atoms with Gasteiger partial charge in [0.15, 0.2) is 0 Å². The lowest BCUT2D eigenvalue weighted by molar-refractivity contribution is 1.06. The maximum absolute atomic E-state index is 6.00. The molecular weight excluding hydrogens is 343 g/mol. The van der Waals surface area contributed by atoms with E-state index >= 15 is 0 Å². The summed E-state index contributed by atoms with van der Waals surface area (Å²) in [5.41, 5.74) is 2.84. The van der Waals surface area contributed by atoms with Crippen LogP contribution in [-0.4, -0.2) is 9.97 Å². The number of hydrogen-bond acceptors (Lipinski definition) is 4. The van der Waals surface area contributed by atoms with Gasteiger partial charge in [0.1, 0.15) is 5.82 Å². The van der Waals surface area contributed by atoms with Crippen molar-refractivity contribution in [3.8, 4) is 0 Å². The van der Waals surface area contributed by atoms with E-state index < -0.39 is 0 Å². The largest absolute Gasteiger partial charge is 0.366 e. The summed E-state index contributed by atoms with van der Waals surface area (Å²) in [7, 11) is 0. The Morgan fingerprint density at radius 3 is 2.46 bits per heavy atom. The van der Waals surface area contributed by atoms with Gasteiger partial charge >= 0.3 is 0 Å². The lowest BCUT2D eigenvalue weighted by Crippen LogP contribution is -2.05. The third-order valence-corrected chi connectivity index (χ3v) is 3.81. The van der Waals surface area contributed by atoms with Crippen LogP contribution in [0.25, 0.3) is 0 Å².